The summed E-state index contributed by atoms with van der Waals surface area (Å²) in [4.78, 5) is 0.137. The first-order chi connectivity index (χ1) is 16.1. The highest BCUT2D eigenvalue weighted by Gasteiger charge is 2.50. The van der Waals surface area contributed by atoms with E-state index in [1.54, 1.807) is 30.3 Å². The van der Waals surface area contributed by atoms with Crippen LogP contribution in [0.25, 0.3) is 0 Å². The molecule has 3 aromatic rings. The summed E-state index contributed by atoms with van der Waals surface area (Å²) in [5.41, 5.74) is 0.983. The van der Waals surface area contributed by atoms with Gasteiger partial charge in [0.25, 0.3) is 18.4 Å². The Bertz CT molecular complexity index is 1130. The van der Waals surface area contributed by atoms with Gasteiger partial charge in [0.05, 0.1) is 11.5 Å². The predicted octanol–water partition coefficient (Wildman–Crippen LogP) is 5.22. The monoisotopic (exact) mass is 494 g/mol. The van der Waals surface area contributed by atoms with Crippen LogP contribution in [0.15, 0.2) is 102 Å². The Morgan fingerprint density at radius 3 is 1.82 bits per heavy atom. The quantitative estimate of drug-likeness (QED) is 0.220. The normalized spacial score (nSPS) is 13.4. The Labute approximate surface area is 205 Å². The number of aryl methyl sites for hydroxylation is 1. The SMILES string of the molecule is C=CCC(CO[Si](c1ccccc1)(c1ccccc1)C(C)(C)C)OS(=O)(=O)c1ccc(C)cc1. The maximum atomic E-state index is 13.0. The molecule has 180 valence electrons. The van der Waals surface area contributed by atoms with Gasteiger partial charge in [0.1, 0.15) is 6.10 Å². The molecule has 1 unspecified atom stereocenters. The molecule has 0 fully saturated rings. The van der Waals surface area contributed by atoms with Crippen LogP contribution in [0, 0.1) is 6.92 Å². The summed E-state index contributed by atoms with van der Waals surface area (Å²) in [6.07, 6.45) is 1.33. The summed E-state index contributed by atoms with van der Waals surface area (Å²) in [6.45, 7) is 12.4. The third-order valence-corrected chi connectivity index (χ3v) is 12.3. The van der Waals surface area contributed by atoms with Gasteiger partial charge in [-0.05, 0) is 40.9 Å². The van der Waals surface area contributed by atoms with E-state index in [1.807, 2.05) is 43.3 Å². The maximum Gasteiger partial charge on any atom is 0.297 e. The van der Waals surface area contributed by atoms with Gasteiger partial charge in [-0.3, -0.25) is 4.18 Å². The summed E-state index contributed by atoms with van der Waals surface area (Å²) >= 11 is 0. The van der Waals surface area contributed by atoms with Crippen molar-refractivity contribution < 1.29 is 17.0 Å². The number of benzene rings is 3. The lowest BCUT2D eigenvalue weighted by Gasteiger charge is -2.43. The fourth-order valence-corrected chi connectivity index (χ4v) is 9.90. The molecule has 0 amide bonds. The zero-order valence-corrected chi connectivity index (χ0v) is 22.2. The zero-order valence-electron chi connectivity index (χ0n) is 20.4. The van der Waals surface area contributed by atoms with Gasteiger partial charge in [-0.25, -0.2) is 0 Å². The van der Waals surface area contributed by atoms with E-state index in [4.69, 9.17) is 8.61 Å². The average Bonchev–Trinajstić information content (AvgIpc) is 2.80. The minimum Gasteiger partial charge on any atom is -0.405 e. The molecule has 0 aliphatic carbocycles. The van der Waals surface area contributed by atoms with Gasteiger partial charge in [-0.2, -0.15) is 8.42 Å². The van der Waals surface area contributed by atoms with Crippen molar-refractivity contribution in [3.63, 3.8) is 0 Å². The summed E-state index contributed by atoms with van der Waals surface area (Å²) < 4.78 is 38.5. The van der Waals surface area contributed by atoms with Gasteiger partial charge in [0, 0.05) is 0 Å². The van der Waals surface area contributed by atoms with E-state index >= 15 is 0 Å². The molecule has 0 aromatic heterocycles. The van der Waals surface area contributed by atoms with Gasteiger partial charge in [0.15, 0.2) is 0 Å². The minimum absolute atomic E-state index is 0.129. The second kappa shape index (κ2) is 10.8. The molecule has 0 radical (unpaired) electrons. The van der Waals surface area contributed by atoms with Crippen LogP contribution in [0.3, 0.4) is 0 Å². The lowest BCUT2D eigenvalue weighted by Crippen LogP contribution is -2.67. The van der Waals surface area contributed by atoms with Crippen molar-refractivity contribution in [3.05, 3.63) is 103 Å². The maximum absolute atomic E-state index is 13.0. The standard InChI is InChI=1S/C28H34O4SSi/c1-6-13-24(32-33(29,30)25-20-18-23(2)19-21-25)22-31-34(28(3,4)5,26-14-9-7-10-15-26)27-16-11-8-12-17-27/h6-12,14-21,24H,1,13,22H2,2-5H3. The molecular formula is C28H34O4SSi. The topological polar surface area (TPSA) is 52.6 Å². The second-order valence-corrected chi connectivity index (χ2v) is 15.4. The van der Waals surface area contributed by atoms with Crippen molar-refractivity contribution in [2.45, 2.75) is 50.2 Å². The molecule has 0 spiro atoms. The van der Waals surface area contributed by atoms with Gasteiger partial charge < -0.3 is 4.43 Å². The molecule has 0 bridgehead atoms. The molecule has 0 N–H and O–H groups in total. The summed E-state index contributed by atoms with van der Waals surface area (Å²) in [6, 6.07) is 27.2. The fourth-order valence-electron chi connectivity index (χ4n) is 4.24. The molecule has 0 saturated heterocycles. The van der Waals surface area contributed by atoms with E-state index in [2.05, 4.69) is 51.6 Å². The summed E-state index contributed by atoms with van der Waals surface area (Å²) in [7, 11) is -6.76. The molecule has 0 aliphatic heterocycles. The van der Waals surface area contributed by atoms with E-state index in [0.717, 1.165) is 15.9 Å². The molecule has 6 heteroatoms. The summed E-state index contributed by atoms with van der Waals surface area (Å²) in [5, 5.41) is 2.05. The van der Waals surface area contributed by atoms with Crippen molar-refractivity contribution in [3.8, 4) is 0 Å². The highest BCUT2D eigenvalue weighted by molar-refractivity contribution is 7.86. The number of hydrogen-bond acceptors (Lipinski definition) is 4. The van der Waals surface area contributed by atoms with Crippen LogP contribution in [0.5, 0.6) is 0 Å². The Morgan fingerprint density at radius 1 is 0.882 bits per heavy atom. The minimum atomic E-state index is -3.94. The average molecular weight is 495 g/mol. The highest BCUT2D eigenvalue weighted by atomic mass is 32.2. The third kappa shape index (κ3) is 5.75. The highest BCUT2D eigenvalue weighted by Crippen LogP contribution is 2.37. The smallest absolute Gasteiger partial charge is 0.297 e. The first kappa shape index (κ1) is 26.1. The lowest BCUT2D eigenvalue weighted by atomic mass is 10.2. The summed E-state index contributed by atoms with van der Waals surface area (Å²) in [5.74, 6) is 0. The Balaban J connectivity index is 1.98. The first-order valence-electron chi connectivity index (χ1n) is 11.5. The molecule has 0 heterocycles. The van der Waals surface area contributed by atoms with E-state index in [9.17, 15) is 8.42 Å². The van der Waals surface area contributed by atoms with Crippen molar-refractivity contribution in [2.24, 2.45) is 0 Å². The zero-order chi connectivity index (χ0) is 24.8. The molecule has 0 aliphatic rings. The van der Waals surface area contributed by atoms with Crippen molar-refractivity contribution in [2.75, 3.05) is 6.61 Å². The van der Waals surface area contributed by atoms with Gasteiger partial charge in [0.2, 0.25) is 0 Å². The van der Waals surface area contributed by atoms with E-state index in [0.29, 0.717) is 6.42 Å². The second-order valence-electron chi connectivity index (χ2n) is 9.48. The van der Waals surface area contributed by atoms with Crippen LogP contribution in [0.4, 0.5) is 0 Å². The fraction of sp³-hybridized carbons (Fsp3) is 0.286. The van der Waals surface area contributed by atoms with E-state index in [1.165, 1.54) is 0 Å². The predicted molar refractivity (Wildman–Crippen MR) is 142 cm³/mol. The molecule has 4 nitrogen and oxygen atoms in total. The Hall–Kier alpha value is -2.51. The molecular weight excluding hydrogens is 460 g/mol. The molecule has 0 saturated carbocycles. The third-order valence-electron chi connectivity index (χ3n) is 5.90. The van der Waals surface area contributed by atoms with Gasteiger partial charge >= 0.3 is 0 Å². The molecule has 34 heavy (non-hydrogen) atoms. The molecule has 1 atom stereocenters. The van der Waals surface area contributed by atoms with Crippen LogP contribution in [-0.4, -0.2) is 29.4 Å². The lowest BCUT2D eigenvalue weighted by molar-refractivity contribution is 0.130. The van der Waals surface area contributed by atoms with Crippen molar-refractivity contribution in [1.82, 2.24) is 0 Å². The molecule has 3 aromatic carbocycles. The number of hydrogen-bond donors (Lipinski definition) is 0. The van der Waals surface area contributed by atoms with E-state index < -0.39 is 24.5 Å². The van der Waals surface area contributed by atoms with Crippen LogP contribution >= 0.6 is 0 Å². The van der Waals surface area contributed by atoms with Crippen LogP contribution < -0.4 is 10.4 Å². The Morgan fingerprint density at radius 2 is 1.38 bits per heavy atom. The first-order valence-corrected chi connectivity index (χ1v) is 14.8. The largest absolute Gasteiger partial charge is 0.405 e. The van der Waals surface area contributed by atoms with E-state index in [-0.39, 0.29) is 16.5 Å². The Kier molecular flexibility index (Phi) is 8.31. The van der Waals surface area contributed by atoms with Crippen LogP contribution in [0.2, 0.25) is 5.04 Å². The van der Waals surface area contributed by atoms with Gasteiger partial charge in [-0.15, -0.1) is 6.58 Å². The number of rotatable bonds is 10. The van der Waals surface area contributed by atoms with Crippen LogP contribution in [0.1, 0.15) is 32.8 Å². The van der Waals surface area contributed by atoms with Crippen LogP contribution in [-0.2, 0) is 18.7 Å². The molecule has 3 rings (SSSR count). The van der Waals surface area contributed by atoms with Crippen molar-refractivity contribution in [1.29, 1.82) is 0 Å². The van der Waals surface area contributed by atoms with Gasteiger partial charge in [-0.1, -0.05) is 105 Å². The van der Waals surface area contributed by atoms with Crippen molar-refractivity contribution >= 4 is 28.8 Å².